The zero-order valence-corrected chi connectivity index (χ0v) is 21.1. The lowest BCUT2D eigenvalue weighted by Crippen LogP contribution is -2.29. The Balaban J connectivity index is 1.27. The van der Waals surface area contributed by atoms with Crippen LogP contribution >= 0.6 is 0 Å². The molecule has 0 radical (unpaired) electrons. The average Bonchev–Trinajstić information content (AvgIpc) is 3.60. The minimum atomic E-state index is 0.196. The molecular formula is C35H24N2O2. The van der Waals surface area contributed by atoms with Crippen LogP contribution in [-0.4, -0.2) is 11.0 Å². The van der Waals surface area contributed by atoms with Crippen molar-refractivity contribution in [2.45, 2.75) is 12.5 Å². The predicted octanol–water partition coefficient (Wildman–Crippen LogP) is 9.57. The number of hydrogen-bond acceptors (Lipinski definition) is 4. The Morgan fingerprint density at radius 2 is 1.49 bits per heavy atom. The molecule has 39 heavy (non-hydrogen) atoms. The third kappa shape index (κ3) is 3.64. The first kappa shape index (κ1) is 21.9. The summed E-state index contributed by atoms with van der Waals surface area (Å²) in [6.45, 7) is 0. The van der Waals surface area contributed by atoms with Crippen molar-refractivity contribution < 1.29 is 8.83 Å². The molecule has 1 atom stereocenters. The van der Waals surface area contributed by atoms with Gasteiger partial charge in [0.1, 0.15) is 16.7 Å². The van der Waals surface area contributed by atoms with Gasteiger partial charge in [-0.05, 0) is 72.5 Å². The molecule has 7 aromatic rings. The van der Waals surface area contributed by atoms with E-state index in [1.54, 1.807) is 0 Å². The molecule has 5 aromatic carbocycles. The van der Waals surface area contributed by atoms with Crippen LogP contribution in [0.25, 0.3) is 55.3 Å². The van der Waals surface area contributed by atoms with E-state index in [0.717, 1.165) is 67.2 Å². The quantitative estimate of drug-likeness (QED) is 0.239. The van der Waals surface area contributed by atoms with Crippen LogP contribution in [0.2, 0.25) is 0 Å². The van der Waals surface area contributed by atoms with Gasteiger partial charge in [0.25, 0.3) is 0 Å². The predicted molar refractivity (Wildman–Crippen MR) is 159 cm³/mol. The third-order valence-electron chi connectivity index (χ3n) is 7.58. The van der Waals surface area contributed by atoms with Crippen molar-refractivity contribution in [1.29, 1.82) is 0 Å². The lowest BCUT2D eigenvalue weighted by molar-refractivity contribution is 0.623. The summed E-state index contributed by atoms with van der Waals surface area (Å²) in [4.78, 5) is 7.17. The van der Waals surface area contributed by atoms with E-state index < -0.39 is 0 Å². The highest BCUT2D eigenvalue weighted by molar-refractivity contribution is 6.07. The molecule has 4 nitrogen and oxygen atoms in total. The summed E-state index contributed by atoms with van der Waals surface area (Å²) in [6.07, 6.45) is 9.69. The number of aromatic nitrogens is 1. The molecule has 0 amide bonds. The molecular weight excluding hydrogens is 480 g/mol. The van der Waals surface area contributed by atoms with Crippen LogP contribution in [-0.2, 0) is 0 Å². The highest BCUT2D eigenvalue weighted by atomic mass is 16.3. The second kappa shape index (κ2) is 8.74. The highest BCUT2D eigenvalue weighted by Gasteiger charge is 2.21. The number of hydrogen-bond donors (Lipinski definition) is 0. The highest BCUT2D eigenvalue weighted by Crippen LogP contribution is 2.39. The summed E-state index contributed by atoms with van der Waals surface area (Å²) in [5, 5.41) is 4.43. The van der Waals surface area contributed by atoms with Crippen LogP contribution in [0.1, 0.15) is 6.42 Å². The summed E-state index contributed by atoms with van der Waals surface area (Å²) >= 11 is 0. The first-order valence-corrected chi connectivity index (χ1v) is 13.2. The Morgan fingerprint density at radius 1 is 0.667 bits per heavy atom. The van der Waals surface area contributed by atoms with Crippen molar-refractivity contribution in [2.75, 3.05) is 4.90 Å². The molecule has 0 bridgehead atoms. The van der Waals surface area contributed by atoms with Crippen LogP contribution in [0.15, 0.2) is 136 Å². The van der Waals surface area contributed by atoms with E-state index in [1.165, 1.54) is 0 Å². The number of fused-ring (bicyclic) bond motifs is 6. The van der Waals surface area contributed by atoms with E-state index in [9.17, 15) is 0 Å². The Hall–Kier alpha value is -5.09. The molecule has 0 saturated heterocycles. The largest absolute Gasteiger partial charge is 0.456 e. The van der Waals surface area contributed by atoms with Gasteiger partial charge in [0.2, 0.25) is 5.89 Å². The monoisotopic (exact) mass is 504 g/mol. The molecule has 1 aliphatic rings. The van der Waals surface area contributed by atoms with Crippen LogP contribution < -0.4 is 4.90 Å². The second-order valence-electron chi connectivity index (χ2n) is 9.97. The number of anilines is 2. The average molecular weight is 505 g/mol. The van der Waals surface area contributed by atoms with Gasteiger partial charge in [-0.1, -0.05) is 66.8 Å². The Kier molecular flexibility index (Phi) is 4.92. The van der Waals surface area contributed by atoms with Gasteiger partial charge >= 0.3 is 0 Å². The van der Waals surface area contributed by atoms with Gasteiger partial charge < -0.3 is 13.7 Å². The minimum Gasteiger partial charge on any atom is -0.456 e. The molecule has 2 aromatic heterocycles. The van der Waals surface area contributed by atoms with E-state index >= 15 is 0 Å². The second-order valence-corrected chi connectivity index (χ2v) is 9.97. The van der Waals surface area contributed by atoms with E-state index in [0.29, 0.717) is 5.89 Å². The molecule has 0 aliphatic heterocycles. The first-order valence-electron chi connectivity index (χ1n) is 13.2. The molecule has 2 heterocycles. The number of rotatable bonds is 4. The smallest absolute Gasteiger partial charge is 0.227 e. The van der Waals surface area contributed by atoms with Gasteiger partial charge in [-0.2, -0.15) is 0 Å². The van der Waals surface area contributed by atoms with Gasteiger partial charge in [-0.25, -0.2) is 4.98 Å². The number of allylic oxidation sites excluding steroid dienone is 2. The van der Waals surface area contributed by atoms with Gasteiger partial charge in [0, 0.05) is 33.1 Å². The summed E-state index contributed by atoms with van der Waals surface area (Å²) in [6, 6.07) is 35.8. The fourth-order valence-corrected chi connectivity index (χ4v) is 5.71. The molecule has 1 aliphatic carbocycles. The topological polar surface area (TPSA) is 42.4 Å². The summed E-state index contributed by atoms with van der Waals surface area (Å²) in [5.74, 6) is 0.642. The molecule has 0 spiro atoms. The van der Waals surface area contributed by atoms with Crippen molar-refractivity contribution in [3.8, 4) is 11.5 Å². The molecule has 0 fully saturated rings. The Labute approximate surface area is 225 Å². The zero-order chi connectivity index (χ0) is 25.8. The summed E-state index contributed by atoms with van der Waals surface area (Å²) in [7, 11) is 0. The third-order valence-corrected chi connectivity index (χ3v) is 7.58. The standard InChI is InChI=1S/C35H24N2O2/c1-3-9-23(10-4-1)35-36-31-19-15-24-21-26(16-18-28(24)34(31)39-35)37(25-11-5-2-6-12-25)27-17-20-33-30(22-27)29-13-7-8-14-32(29)38-33/h1-11,13-22,25H,12H2. The zero-order valence-electron chi connectivity index (χ0n) is 21.1. The molecule has 0 saturated carbocycles. The van der Waals surface area contributed by atoms with E-state index in [4.69, 9.17) is 13.8 Å². The molecule has 1 unspecified atom stereocenters. The number of furan rings is 1. The van der Waals surface area contributed by atoms with E-state index in [2.05, 4.69) is 89.9 Å². The van der Waals surface area contributed by atoms with Crippen molar-refractivity contribution >= 4 is 55.2 Å². The maximum absolute atomic E-state index is 6.29. The minimum absolute atomic E-state index is 0.196. The van der Waals surface area contributed by atoms with Crippen molar-refractivity contribution in [2.24, 2.45) is 0 Å². The van der Waals surface area contributed by atoms with Crippen molar-refractivity contribution in [3.05, 3.63) is 127 Å². The van der Waals surface area contributed by atoms with Crippen LogP contribution in [0.5, 0.6) is 0 Å². The maximum atomic E-state index is 6.29. The first-order chi connectivity index (χ1) is 19.3. The number of oxazole rings is 1. The number of nitrogens with zero attached hydrogens (tertiary/aromatic N) is 2. The summed E-state index contributed by atoms with van der Waals surface area (Å²) < 4.78 is 12.4. The molecule has 0 N–H and O–H groups in total. The SMILES string of the molecule is C1=CCC(N(c2ccc3c(ccc4nc(-c5ccccc5)oc43)c2)c2ccc3oc4ccccc4c3c2)C=C1. The molecule has 8 rings (SSSR count). The molecule has 186 valence electrons. The van der Waals surface area contributed by atoms with Crippen molar-refractivity contribution in [3.63, 3.8) is 0 Å². The Morgan fingerprint density at radius 3 is 2.38 bits per heavy atom. The number of para-hydroxylation sites is 1. The number of benzene rings is 5. The fraction of sp³-hybridized carbons (Fsp3) is 0.0571. The fourth-order valence-electron chi connectivity index (χ4n) is 5.71. The molecule has 4 heteroatoms. The van der Waals surface area contributed by atoms with Gasteiger partial charge in [0.05, 0.1) is 6.04 Å². The van der Waals surface area contributed by atoms with Crippen LogP contribution in [0, 0.1) is 0 Å². The maximum Gasteiger partial charge on any atom is 0.227 e. The lowest BCUT2D eigenvalue weighted by Gasteiger charge is -2.33. The van der Waals surface area contributed by atoms with Gasteiger partial charge in [0.15, 0.2) is 5.58 Å². The van der Waals surface area contributed by atoms with Crippen molar-refractivity contribution in [1.82, 2.24) is 4.98 Å². The van der Waals surface area contributed by atoms with E-state index in [1.807, 2.05) is 42.5 Å². The van der Waals surface area contributed by atoms with Gasteiger partial charge in [-0.15, -0.1) is 0 Å². The normalized spacial score (nSPS) is 15.1. The van der Waals surface area contributed by atoms with Crippen LogP contribution in [0.4, 0.5) is 11.4 Å². The van der Waals surface area contributed by atoms with E-state index in [-0.39, 0.29) is 6.04 Å². The lowest BCUT2D eigenvalue weighted by atomic mass is 10.0. The summed E-state index contributed by atoms with van der Waals surface area (Å²) in [5.41, 5.74) is 6.73. The van der Waals surface area contributed by atoms with Crippen LogP contribution in [0.3, 0.4) is 0 Å². The Bertz CT molecular complexity index is 2060. The van der Waals surface area contributed by atoms with Gasteiger partial charge in [-0.3, -0.25) is 0 Å².